The SMILES string of the molecule is COC(O)N1[C@H](C)C[C@H](N)[C@@H]1CO[C@H]1CC[C@]2(c3ncc(F)cn3)[C@H](C1)[C@@H]2C. The highest BCUT2D eigenvalue weighted by atomic mass is 19.1. The van der Waals surface area contributed by atoms with Gasteiger partial charge in [0.05, 0.1) is 31.1 Å². The number of aliphatic hydroxyl groups excluding tert-OH is 1. The Morgan fingerprint density at radius 1 is 1.36 bits per heavy atom. The normalized spacial score (nSPS) is 41.6. The number of rotatable bonds is 6. The summed E-state index contributed by atoms with van der Waals surface area (Å²) in [7, 11) is 1.49. The fourth-order valence-electron chi connectivity index (χ4n) is 5.71. The van der Waals surface area contributed by atoms with Gasteiger partial charge in [0.1, 0.15) is 5.82 Å². The lowest BCUT2D eigenvalue weighted by Crippen LogP contribution is -2.50. The molecule has 0 amide bonds. The minimum absolute atomic E-state index is 0.0237. The maximum Gasteiger partial charge on any atom is 0.216 e. The van der Waals surface area contributed by atoms with Crippen LogP contribution in [0.1, 0.15) is 45.4 Å². The van der Waals surface area contributed by atoms with Gasteiger partial charge >= 0.3 is 0 Å². The van der Waals surface area contributed by atoms with Crippen molar-refractivity contribution in [1.29, 1.82) is 0 Å². The van der Waals surface area contributed by atoms with E-state index in [1.165, 1.54) is 19.5 Å². The summed E-state index contributed by atoms with van der Waals surface area (Å²) in [6.07, 6.45) is 5.36. The third-order valence-electron chi connectivity index (χ3n) is 7.37. The van der Waals surface area contributed by atoms with Gasteiger partial charge in [0.25, 0.3) is 0 Å². The molecule has 3 aliphatic rings. The zero-order valence-electron chi connectivity index (χ0n) is 16.8. The number of hydrogen-bond donors (Lipinski definition) is 2. The van der Waals surface area contributed by atoms with E-state index in [1.807, 2.05) is 11.8 Å². The second-order valence-electron chi connectivity index (χ2n) is 8.72. The van der Waals surface area contributed by atoms with Crippen LogP contribution in [0.4, 0.5) is 4.39 Å². The zero-order chi connectivity index (χ0) is 20.1. The summed E-state index contributed by atoms with van der Waals surface area (Å²) in [6, 6.07) is 0.0419. The molecule has 7 nitrogen and oxygen atoms in total. The summed E-state index contributed by atoms with van der Waals surface area (Å²) in [5.74, 6) is 1.32. The summed E-state index contributed by atoms with van der Waals surface area (Å²) in [5, 5.41) is 10.2. The van der Waals surface area contributed by atoms with Crippen molar-refractivity contribution in [3.8, 4) is 0 Å². The van der Waals surface area contributed by atoms with E-state index in [2.05, 4.69) is 16.9 Å². The average molecular weight is 394 g/mol. The van der Waals surface area contributed by atoms with Gasteiger partial charge in [-0.15, -0.1) is 0 Å². The number of ether oxygens (including phenoxy) is 2. The Hall–Kier alpha value is -1.19. The lowest BCUT2D eigenvalue weighted by Gasteiger charge is -2.34. The molecule has 1 aliphatic heterocycles. The molecule has 4 rings (SSSR count). The van der Waals surface area contributed by atoms with Crippen molar-refractivity contribution in [2.24, 2.45) is 17.6 Å². The number of fused-ring (bicyclic) bond motifs is 1. The molecule has 0 bridgehead atoms. The molecular weight excluding hydrogens is 363 g/mol. The molecule has 1 unspecified atom stereocenters. The van der Waals surface area contributed by atoms with Gasteiger partial charge in [0, 0.05) is 24.6 Å². The quantitative estimate of drug-likeness (QED) is 0.705. The number of likely N-dealkylation sites (tertiary alicyclic amines) is 1. The van der Waals surface area contributed by atoms with Crippen molar-refractivity contribution >= 4 is 0 Å². The Kier molecular flexibility index (Phi) is 5.43. The molecule has 8 atom stereocenters. The van der Waals surface area contributed by atoms with Gasteiger partial charge in [-0.3, -0.25) is 0 Å². The molecule has 28 heavy (non-hydrogen) atoms. The van der Waals surface area contributed by atoms with E-state index in [0.29, 0.717) is 18.4 Å². The number of halogens is 1. The Morgan fingerprint density at radius 2 is 2.07 bits per heavy atom. The molecule has 2 aliphatic carbocycles. The van der Waals surface area contributed by atoms with Crippen molar-refractivity contribution in [3.63, 3.8) is 0 Å². The molecule has 0 aromatic carbocycles. The molecule has 1 aromatic rings. The smallest absolute Gasteiger partial charge is 0.216 e. The fourth-order valence-corrected chi connectivity index (χ4v) is 5.71. The van der Waals surface area contributed by atoms with E-state index in [-0.39, 0.29) is 29.6 Å². The topological polar surface area (TPSA) is 93.7 Å². The van der Waals surface area contributed by atoms with E-state index in [0.717, 1.165) is 31.5 Å². The van der Waals surface area contributed by atoms with Crippen LogP contribution in [0.2, 0.25) is 0 Å². The summed E-state index contributed by atoms with van der Waals surface area (Å²) in [4.78, 5) is 10.4. The predicted molar refractivity (Wildman–Crippen MR) is 101 cm³/mol. The van der Waals surface area contributed by atoms with E-state index < -0.39 is 12.2 Å². The Balaban J connectivity index is 1.36. The van der Waals surface area contributed by atoms with Gasteiger partial charge < -0.3 is 20.3 Å². The standard InChI is InChI=1S/C20H31FN4O3/c1-11-6-16(22)17(25(11)19(26)27-3)10-28-14-4-5-20(12(2)15(20)7-14)18-23-8-13(21)9-24-18/h8-9,11-12,14-17,19,26H,4-7,10,22H2,1-3H3/t11-,12+,14+,15-,16+,17+,19?,20-/m1/s1. The summed E-state index contributed by atoms with van der Waals surface area (Å²) < 4.78 is 24.6. The van der Waals surface area contributed by atoms with Crippen LogP contribution in [0.15, 0.2) is 12.4 Å². The van der Waals surface area contributed by atoms with Gasteiger partial charge in [-0.2, -0.15) is 0 Å². The van der Waals surface area contributed by atoms with Crippen LogP contribution in [0.25, 0.3) is 0 Å². The number of methoxy groups -OCH3 is 1. The van der Waals surface area contributed by atoms with Gasteiger partial charge in [0.15, 0.2) is 5.82 Å². The molecule has 3 fully saturated rings. The first-order chi connectivity index (χ1) is 13.4. The second-order valence-corrected chi connectivity index (χ2v) is 8.72. The maximum absolute atomic E-state index is 13.2. The first-order valence-electron chi connectivity index (χ1n) is 10.2. The molecule has 0 radical (unpaired) electrons. The van der Waals surface area contributed by atoms with Gasteiger partial charge in [0.2, 0.25) is 6.41 Å². The third kappa shape index (κ3) is 3.25. The minimum atomic E-state index is -0.963. The highest BCUT2D eigenvalue weighted by molar-refractivity contribution is 5.28. The van der Waals surface area contributed by atoms with E-state index in [1.54, 1.807) is 0 Å². The second kappa shape index (κ2) is 7.57. The number of hydrogen-bond acceptors (Lipinski definition) is 7. The summed E-state index contributed by atoms with van der Waals surface area (Å²) in [5.41, 5.74) is 6.28. The Morgan fingerprint density at radius 3 is 2.71 bits per heavy atom. The zero-order valence-corrected chi connectivity index (χ0v) is 16.8. The molecule has 3 N–H and O–H groups in total. The third-order valence-corrected chi connectivity index (χ3v) is 7.37. The molecular formula is C20H31FN4O3. The van der Waals surface area contributed by atoms with Crippen molar-refractivity contribution in [2.75, 3.05) is 13.7 Å². The van der Waals surface area contributed by atoms with Crippen molar-refractivity contribution in [1.82, 2.24) is 14.9 Å². The van der Waals surface area contributed by atoms with Gasteiger partial charge in [-0.1, -0.05) is 6.92 Å². The first kappa shape index (κ1) is 20.1. The average Bonchev–Trinajstić information content (AvgIpc) is 3.17. The van der Waals surface area contributed by atoms with Crippen LogP contribution in [0.5, 0.6) is 0 Å². The molecule has 2 heterocycles. The number of nitrogens with two attached hydrogens (primary N) is 1. The summed E-state index contributed by atoms with van der Waals surface area (Å²) in [6.45, 7) is 4.76. The van der Waals surface area contributed by atoms with Gasteiger partial charge in [-0.05, 0) is 44.4 Å². The molecule has 156 valence electrons. The Labute approximate surface area is 165 Å². The Bertz CT molecular complexity index is 689. The summed E-state index contributed by atoms with van der Waals surface area (Å²) >= 11 is 0. The number of aromatic nitrogens is 2. The molecule has 0 spiro atoms. The lowest BCUT2D eigenvalue weighted by molar-refractivity contribution is -0.199. The predicted octanol–water partition coefficient (Wildman–Crippen LogP) is 1.40. The van der Waals surface area contributed by atoms with E-state index >= 15 is 0 Å². The largest absolute Gasteiger partial charge is 0.377 e. The highest BCUT2D eigenvalue weighted by Crippen LogP contribution is 2.66. The van der Waals surface area contributed by atoms with Crippen molar-refractivity contribution in [3.05, 3.63) is 24.0 Å². The highest BCUT2D eigenvalue weighted by Gasteiger charge is 2.66. The van der Waals surface area contributed by atoms with Crippen molar-refractivity contribution < 1.29 is 19.0 Å². The van der Waals surface area contributed by atoms with Gasteiger partial charge in [-0.25, -0.2) is 19.3 Å². The van der Waals surface area contributed by atoms with Crippen LogP contribution in [0, 0.1) is 17.7 Å². The van der Waals surface area contributed by atoms with Crippen LogP contribution < -0.4 is 5.73 Å². The van der Waals surface area contributed by atoms with Crippen molar-refractivity contribution in [2.45, 2.75) is 75.6 Å². The maximum atomic E-state index is 13.2. The van der Waals surface area contributed by atoms with Crippen LogP contribution in [-0.4, -0.2) is 64.3 Å². The molecule has 2 saturated carbocycles. The monoisotopic (exact) mass is 394 g/mol. The van der Waals surface area contributed by atoms with E-state index in [9.17, 15) is 9.50 Å². The molecule has 1 aromatic heterocycles. The lowest BCUT2D eigenvalue weighted by atomic mass is 9.85. The van der Waals surface area contributed by atoms with Crippen LogP contribution >= 0.6 is 0 Å². The minimum Gasteiger partial charge on any atom is -0.377 e. The van der Waals surface area contributed by atoms with E-state index in [4.69, 9.17) is 15.2 Å². The first-order valence-corrected chi connectivity index (χ1v) is 10.2. The van der Waals surface area contributed by atoms with Crippen LogP contribution in [-0.2, 0) is 14.9 Å². The number of nitrogens with zero attached hydrogens (tertiary/aromatic N) is 3. The fraction of sp³-hybridized carbons (Fsp3) is 0.800. The molecule has 1 saturated heterocycles. The molecule has 8 heteroatoms. The van der Waals surface area contributed by atoms with Crippen LogP contribution in [0.3, 0.4) is 0 Å². The number of aliphatic hydroxyl groups is 1.